The first-order valence-corrected chi connectivity index (χ1v) is 15.5. The molecule has 43 heavy (non-hydrogen) atoms. The van der Waals surface area contributed by atoms with E-state index >= 15 is 0 Å². The monoisotopic (exact) mass is 607 g/mol. The largest absolute Gasteiger partial charge is 0.462 e. The summed E-state index contributed by atoms with van der Waals surface area (Å²) in [6, 6.07) is 0. The van der Waals surface area contributed by atoms with Gasteiger partial charge in [0.05, 0.1) is 30.3 Å². The van der Waals surface area contributed by atoms with Crippen molar-refractivity contribution < 1.29 is 39.5 Å². The molecular formula is C34H57NO8. The molecule has 0 unspecified atom stereocenters. The van der Waals surface area contributed by atoms with E-state index in [4.69, 9.17) is 15.2 Å². The SMILES string of the molecule is C=C/C=C\[C@H](C)[C@H](OC(N)=O)[C@@H](C)[C@H](O)[C@@H](C)C/C(C)=C\[C@H](C)[C@@H](O)[C@@H](C)/C=C(/C)[C@@H](O)C[C@@H]1OC(=O)[C@H](C)[C@@H](O)[C@H]1C. The molecule has 1 heterocycles. The topological polar surface area (TPSA) is 160 Å². The molecule has 1 aliphatic rings. The molecule has 1 aliphatic heterocycles. The number of carbonyl (C=O) groups is 2. The fraction of sp³-hybridized carbons (Fsp3) is 0.706. The number of nitrogens with two attached hydrogens (primary N) is 1. The fourth-order valence-corrected chi connectivity index (χ4v) is 6.10. The first-order valence-electron chi connectivity index (χ1n) is 15.5. The summed E-state index contributed by atoms with van der Waals surface area (Å²) in [5.74, 6) is -2.55. The molecule has 1 amide bonds. The molecule has 0 aliphatic carbocycles. The van der Waals surface area contributed by atoms with E-state index in [-0.39, 0.29) is 41.9 Å². The normalized spacial score (nSPS) is 28.2. The van der Waals surface area contributed by atoms with E-state index in [9.17, 15) is 30.0 Å². The average Bonchev–Trinajstić information content (AvgIpc) is 2.94. The summed E-state index contributed by atoms with van der Waals surface area (Å²) < 4.78 is 10.8. The third kappa shape index (κ3) is 11.5. The lowest BCUT2D eigenvalue weighted by molar-refractivity contribution is -0.179. The van der Waals surface area contributed by atoms with Crippen LogP contribution in [0.15, 0.2) is 48.1 Å². The molecule has 0 spiro atoms. The second kappa shape index (κ2) is 17.7. The molecule has 0 aromatic carbocycles. The fourth-order valence-electron chi connectivity index (χ4n) is 6.10. The molecule has 9 heteroatoms. The van der Waals surface area contributed by atoms with Crippen molar-refractivity contribution in [3.63, 3.8) is 0 Å². The van der Waals surface area contributed by atoms with Crippen LogP contribution in [0.2, 0.25) is 0 Å². The summed E-state index contributed by atoms with van der Waals surface area (Å²) in [4.78, 5) is 23.6. The smallest absolute Gasteiger partial charge is 0.404 e. The first-order chi connectivity index (χ1) is 19.9. The second-order valence-corrected chi connectivity index (χ2v) is 12.9. The maximum Gasteiger partial charge on any atom is 0.404 e. The van der Waals surface area contributed by atoms with Crippen LogP contribution in [0, 0.1) is 41.4 Å². The maximum absolute atomic E-state index is 12.1. The summed E-state index contributed by atoms with van der Waals surface area (Å²) in [7, 11) is 0. The molecular weight excluding hydrogens is 550 g/mol. The summed E-state index contributed by atoms with van der Waals surface area (Å²) in [5.41, 5.74) is 6.97. The summed E-state index contributed by atoms with van der Waals surface area (Å²) in [6.45, 7) is 20.3. The van der Waals surface area contributed by atoms with Crippen molar-refractivity contribution in [1.82, 2.24) is 0 Å². The number of rotatable bonds is 16. The third-order valence-electron chi connectivity index (χ3n) is 9.01. The molecule has 1 fully saturated rings. The Labute approximate surface area is 258 Å². The van der Waals surface area contributed by atoms with Crippen LogP contribution in [-0.4, -0.2) is 69.1 Å². The van der Waals surface area contributed by atoms with Gasteiger partial charge in [-0.3, -0.25) is 4.79 Å². The third-order valence-corrected chi connectivity index (χ3v) is 9.01. The van der Waals surface area contributed by atoms with Gasteiger partial charge in [-0.1, -0.05) is 84.1 Å². The molecule has 0 aromatic heterocycles. The molecule has 6 N–H and O–H groups in total. The van der Waals surface area contributed by atoms with Gasteiger partial charge in [-0.15, -0.1) is 0 Å². The quantitative estimate of drug-likeness (QED) is 0.0960. The number of esters is 1. The number of carbonyl (C=O) groups excluding carboxylic acids is 2. The Kier molecular flexibility index (Phi) is 15.9. The van der Waals surface area contributed by atoms with Crippen LogP contribution in [0.25, 0.3) is 0 Å². The van der Waals surface area contributed by atoms with Gasteiger partial charge in [0.1, 0.15) is 12.2 Å². The van der Waals surface area contributed by atoms with Crippen molar-refractivity contribution in [2.75, 3.05) is 0 Å². The van der Waals surface area contributed by atoms with E-state index in [1.165, 1.54) is 0 Å². The lowest BCUT2D eigenvalue weighted by Gasteiger charge is -2.37. The highest BCUT2D eigenvalue weighted by Crippen LogP contribution is 2.31. The second-order valence-electron chi connectivity index (χ2n) is 12.9. The zero-order chi connectivity index (χ0) is 33.2. The maximum atomic E-state index is 12.1. The van der Waals surface area contributed by atoms with E-state index in [1.807, 2.05) is 66.7 Å². The summed E-state index contributed by atoms with van der Waals surface area (Å²) in [5, 5.41) is 43.3. The number of aliphatic hydroxyl groups excluding tert-OH is 4. The number of amides is 1. The van der Waals surface area contributed by atoms with Gasteiger partial charge in [0.25, 0.3) is 0 Å². The Hall–Kier alpha value is -2.46. The molecule has 9 nitrogen and oxygen atoms in total. The van der Waals surface area contributed by atoms with Crippen molar-refractivity contribution in [3.8, 4) is 0 Å². The number of primary amides is 1. The van der Waals surface area contributed by atoms with Gasteiger partial charge in [-0.05, 0) is 38.7 Å². The number of hydrogen-bond donors (Lipinski definition) is 5. The van der Waals surface area contributed by atoms with Gasteiger partial charge in [-0.25, -0.2) is 4.79 Å². The van der Waals surface area contributed by atoms with Crippen molar-refractivity contribution in [2.45, 2.75) is 112 Å². The Morgan fingerprint density at radius 2 is 1.60 bits per heavy atom. The highest BCUT2D eigenvalue weighted by atomic mass is 16.6. The molecule has 0 radical (unpaired) electrons. The zero-order valence-corrected chi connectivity index (χ0v) is 27.5. The van der Waals surface area contributed by atoms with Crippen LogP contribution in [0.5, 0.6) is 0 Å². The molecule has 1 rings (SSSR count). The van der Waals surface area contributed by atoms with Crippen LogP contribution in [0.1, 0.15) is 75.2 Å². The molecule has 0 bridgehead atoms. The van der Waals surface area contributed by atoms with E-state index in [1.54, 1.807) is 26.0 Å². The van der Waals surface area contributed by atoms with E-state index < -0.39 is 54.6 Å². The van der Waals surface area contributed by atoms with Crippen LogP contribution >= 0.6 is 0 Å². The van der Waals surface area contributed by atoms with Crippen LogP contribution < -0.4 is 5.73 Å². The zero-order valence-electron chi connectivity index (χ0n) is 27.5. The van der Waals surface area contributed by atoms with Gasteiger partial charge in [-0.2, -0.15) is 0 Å². The molecule has 0 saturated carbocycles. The van der Waals surface area contributed by atoms with Gasteiger partial charge >= 0.3 is 12.1 Å². The van der Waals surface area contributed by atoms with Crippen LogP contribution in [-0.2, 0) is 14.3 Å². The van der Waals surface area contributed by atoms with Gasteiger partial charge in [0.2, 0.25) is 0 Å². The Morgan fingerprint density at radius 3 is 2.16 bits per heavy atom. The van der Waals surface area contributed by atoms with Crippen molar-refractivity contribution >= 4 is 12.1 Å². The molecule has 0 aromatic rings. The van der Waals surface area contributed by atoms with Crippen LogP contribution in [0.4, 0.5) is 4.79 Å². The van der Waals surface area contributed by atoms with E-state index in [0.29, 0.717) is 12.0 Å². The Bertz CT molecular complexity index is 1010. The van der Waals surface area contributed by atoms with E-state index in [0.717, 1.165) is 5.57 Å². The number of cyclic esters (lactones) is 1. The van der Waals surface area contributed by atoms with Crippen molar-refractivity contribution in [2.24, 2.45) is 47.2 Å². The average molecular weight is 608 g/mol. The summed E-state index contributed by atoms with van der Waals surface area (Å²) >= 11 is 0. The van der Waals surface area contributed by atoms with Gasteiger partial charge in [0, 0.05) is 36.0 Å². The van der Waals surface area contributed by atoms with E-state index in [2.05, 4.69) is 6.58 Å². The standard InChI is InChI=1S/C34H57NO8/c1-11-12-13-19(3)32(43-34(35)41)25(9)30(38)22(6)15-18(2)14-21(5)29(37)23(7)16-20(4)27(36)17-28-24(8)31(39)26(10)33(40)42-28/h11-14,16,19,21-32,36-39H,1,15,17H2,2-10H3,(H2,35,41)/b13-12-,18-14-,20-16-/t19-,21-,22-,23-,24-,25-,26+,27-,28-,29+,30+,31-,32-/m0/s1. The predicted molar refractivity (Wildman–Crippen MR) is 169 cm³/mol. The highest BCUT2D eigenvalue weighted by molar-refractivity contribution is 5.73. The van der Waals surface area contributed by atoms with Gasteiger partial charge in [0.15, 0.2) is 0 Å². The molecule has 1 saturated heterocycles. The van der Waals surface area contributed by atoms with Crippen molar-refractivity contribution in [3.05, 3.63) is 48.1 Å². The lowest BCUT2D eigenvalue weighted by Crippen LogP contribution is -2.47. The molecule has 13 atom stereocenters. The number of ether oxygens (including phenoxy) is 2. The summed E-state index contributed by atoms with van der Waals surface area (Å²) in [6.07, 6.45) is 4.54. The Morgan fingerprint density at radius 1 is 1.02 bits per heavy atom. The molecule has 246 valence electrons. The number of hydrogen-bond acceptors (Lipinski definition) is 8. The van der Waals surface area contributed by atoms with Crippen molar-refractivity contribution in [1.29, 1.82) is 0 Å². The van der Waals surface area contributed by atoms with Gasteiger partial charge < -0.3 is 35.6 Å². The minimum atomic E-state index is -0.888. The predicted octanol–water partition coefficient (Wildman–Crippen LogP) is 4.69. The minimum absolute atomic E-state index is 0.155. The minimum Gasteiger partial charge on any atom is -0.462 e. The Balaban J connectivity index is 2.84. The number of allylic oxidation sites excluding steroid dienone is 3. The number of aliphatic hydroxyl groups is 4. The highest BCUT2D eigenvalue weighted by Gasteiger charge is 2.41. The first kappa shape index (κ1) is 38.6. The van der Waals surface area contributed by atoms with Crippen LogP contribution in [0.3, 0.4) is 0 Å². The lowest BCUT2D eigenvalue weighted by atomic mass is 9.81.